The summed E-state index contributed by atoms with van der Waals surface area (Å²) in [6.45, 7) is 24.2. The molecule has 2 amide bonds. The van der Waals surface area contributed by atoms with E-state index in [0.29, 0.717) is 16.6 Å². The number of carbonyl (C=O) groups excluding carboxylic acids is 2. The maximum atomic E-state index is 12.5. The minimum Gasteiger partial charge on any atom is -0.444 e. The number of hydrogen-bond donors (Lipinski definition) is 3. The van der Waals surface area contributed by atoms with Gasteiger partial charge in [-0.05, 0) is 58.2 Å². The summed E-state index contributed by atoms with van der Waals surface area (Å²) in [5.41, 5.74) is 5.78. The number of amides is 2. The van der Waals surface area contributed by atoms with E-state index in [-0.39, 0.29) is 13.1 Å². The van der Waals surface area contributed by atoms with E-state index in [9.17, 15) is 9.59 Å². The summed E-state index contributed by atoms with van der Waals surface area (Å²) in [6, 6.07) is -0.539. The van der Waals surface area contributed by atoms with Gasteiger partial charge < -0.3 is 30.3 Å². The number of nitrogens with two attached hydrogens (primary N) is 1. The fraction of sp³-hybridized carbons (Fsp3) is 0.913. The maximum Gasteiger partial charge on any atom is 0.408 e. The van der Waals surface area contributed by atoms with E-state index in [1.54, 1.807) is 20.8 Å². The molecule has 0 heterocycles. The smallest absolute Gasteiger partial charge is 0.408 e. The first-order valence-corrected chi connectivity index (χ1v) is 13.8. The molecular formula is C23H49N3O5Si. The van der Waals surface area contributed by atoms with E-state index in [1.807, 2.05) is 20.8 Å². The van der Waals surface area contributed by atoms with Crippen LogP contribution in [0, 0.1) is 0 Å². The average Bonchev–Trinajstić information content (AvgIpc) is 2.56. The Morgan fingerprint density at radius 2 is 1.22 bits per heavy atom. The molecule has 0 saturated carbocycles. The topological polar surface area (TPSA) is 112 Å². The molecule has 190 valence electrons. The van der Waals surface area contributed by atoms with Crippen LogP contribution in [0.25, 0.3) is 0 Å². The number of rotatable bonds is 10. The van der Waals surface area contributed by atoms with Gasteiger partial charge in [0.25, 0.3) is 0 Å². The molecule has 2 atom stereocenters. The minimum atomic E-state index is -2.33. The van der Waals surface area contributed by atoms with Crippen LogP contribution in [-0.4, -0.2) is 56.9 Å². The molecule has 1 unspecified atom stereocenters. The molecule has 0 aliphatic heterocycles. The molecular weight excluding hydrogens is 426 g/mol. The predicted octanol–water partition coefficient (Wildman–Crippen LogP) is 4.92. The van der Waals surface area contributed by atoms with E-state index in [4.69, 9.17) is 19.6 Å². The summed E-state index contributed by atoms with van der Waals surface area (Å²) in [5.74, 6) is 0. The van der Waals surface area contributed by atoms with Crippen molar-refractivity contribution >= 4 is 20.5 Å². The van der Waals surface area contributed by atoms with E-state index in [0.717, 1.165) is 0 Å². The molecule has 8 nitrogen and oxygen atoms in total. The molecule has 0 rings (SSSR count). The molecule has 0 saturated heterocycles. The molecule has 0 aromatic carbocycles. The van der Waals surface area contributed by atoms with Crippen molar-refractivity contribution in [3.05, 3.63) is 0 Å². The Labute approximate surface area is 196 Å². The highest BCUT2D eigenvalue weighted by Gasteiger charge is 2.47. The van der Waals surface area contributed by atoms with E-state index in [2.05, 4.69) is 52.2 Å². The van der Waals surface area contributed by atoms with Crippen LogP contribution >= 0.6 is 0 Å². The Hall–Kier alpha value is -1.32. The van der Waals surface area contributed by atoms with Crippen molar-refractivity contribution in [3.8, 4) is 0 Å². The van der Waals surface area contributed by atoms with Crippen molar-refractivity contribution in [2.24, 2.45) is 5.73 Å². The summed E-state index contributed by atoms with van der Waals surface area (Å²) in [4.78, 5) is 24.8. The van der Waals surface area contributed by atoms with E-state index < -0.39 is 43.9 Å². The molecule has 0 fully saturated rings. The SMILES string of the molecule is CC(C)[Si](O[C@@H](CNC(=O)OC(C)(C)C)C(CN)NC(=O)OC(C)(C)C)(C(C)C)C(C)C. The van der Waals surface area contributed by atoms with Gasteiger partial charge in [0.2, 0.25) is 8.32 Å². The zero-order chi connectivity index (χ0) is 25.5. The van der Waals surface area contributed by atoms with Crippen LogP contribution in [0.1, 0.15) is 83.1 Å². The van der Waals surface area contributed by atoms with Gasteiger partial charge in [-0.2, -0.15) is 0 Å². The second kappa shape index (κ2) is 12.2. The van der Waals surface area contributed by atoms with Gasteiger partial charge in [-0.1, -0.05) is 41.5 Å². The van der Waals surface area contributed by atoms with Crippen LogP contribution in [-0.2, 0) is 13.9 Å². The number of carbonyl (C=O) groups is 2. The summed E-state index contributed by atoms with van der Waals surface area (Å²) >= 11 is 0. The van der Waals surface area contributed by atoms with Crippen LogP contribution in [0.4, 0.5) is 9.59 Å². The van der Waals surface area contributed by atoms with Crippen LogP contribution in [0.15, 0.2) is 0 Å². The van der Waals surface area contributed by atoms with Gasteiger partial charge in [0.05, 0.1) is 12.1 Å². The first-order chi connectivity index (χ1) is 14.4. The maximum absolute atomic E-state index is 12.5. The summed E-state index contributed by atoms with van der Waals surface area (Å²) in [5, 5.41) is 5.66. The fourth-order valence-electron chi connectivity index (χ4n) is 4.20. The zero-order valence-corrected chi connectivity index (χ0v) is 23.4. The summed E-state index contributed by atoms with van der Waals surface area (Å²) in [6.07, 6.45) is -1.63. The second-order valence-electron chi connectivity index (χ2n) is 11.3. The van der Waals surface area contributed by atoms with E-state index in [1.165, 1.54) is 0 Å². The Morgan fingerprint density at radius 1 is 0.812 bits per heavy atom. The standard InChI is InChI=1S/C23H49N3O5Si/c1-15(2)32(16(3)4,17(5)6)31-19(14-25-20(27)29-22(7,8)9)18(13-24)26-21(28)30-23(10,11)12/h15-19H,13-14,24H2,1-12H3,(H,25,27)(H,26,28)/t18?,19-/m0/s1. The van der Waals surface area contributed by atoms with Crippen molar-refractivity contribution in [2.75, 3.05) is 13.1 Å². The molecule has 0 aromatic heterocycles. The van der Waals surface area contributed by atoms with Crippen LogP contribution < -0.4 is 16.4 Å². The summed E-state index contributed by atoms with van der Waals surface area (Å²) < 4.78 is 17.7. The van der Waals surface area contributed by atoms with Gasteiger partial charge in [0, 0.05) is 13.1 Å². The lowest BCUT2D eigenvalue weighted by Gasteiger charge is -2.46. The first kappa shape index (κ1) is 30.7. The highest BCUT2D eigenvalue weighted by atomic mass is 28.4. The Morgan fingerprint density at radius 3 is 1.56 bits per heavy atom. The highest BCUT2D eigenvalue weighted by molar-refractivity contribution is 6.77. The van der Waals surface area contributed by atoms with Crippen molar-refractivity contribution in [1.82, 2.24) is 10.6 Å². The zero-order valence-electron chi connectivity index (χ0n) is 22.4. The Balaban J connectivity index is 5.88. The van der Waals surface area contributed by atoms with Crippen molar-refractivity contribution in [1.29, 1.82) is 0 Å². The monoisotopic (exact) mass is 475 g/mol. The molecule has 32 heavy (non-hydrogen) atoms. The van der Waals surface area contributed by atoms with Crippen molar-refractivity contribution in [3.63, 3.8) is 0 Å². The highest BCUT2D eigenvalue weighted by Crippen LogP contribution is 2.43. The number of nitrogens with one attached hydrogen (secondary N) is 2. The quantitative estimate of drug-likeness (QED) is 0.387. The molecule has 0 aliphatic carbocycles. The third kappa shape index (κ3) is 10.1. The number of alkyl carbamates (subject to hydrolysis) is 2. The molecule has 0 aliphatic rings. The third-order valence-corrected chi connectivity index (χ3v) is 11.4. The van der Waals surface area contributed by atoms with Gasteiger partial charge in [0.1, 0.15) is 11.2 Å². The van der Waals surface area contributed by atoms with Crippen molar-refractivity contribution in [2.45, 2.75) is 123 Å². The lowest BCUT2D eigenvalue weighted by Crippen LogP contribution is -2.60. The van der Waals surface area contributed by atoms with Gasteiger partial charge in [-0.25, -0.2) is 9.59 Å². The molecule has 4 N–H and O–H groups in total. The lowest BCUT2D eigenvalue weighted by atomic mass is 10.1. The largest absolute Gasteiger partial charge is 0.444 e. The second-order valence-corrected chi connectivity index (χ2v) is 16.8. The third-order valence-electron chi connectivity index (χ3n) is 5.31. The average molecular weight is 476 g/mol. The normalized spacial score (nSPS) is 15.0. The minimum absolute atomic E-state index is 0.138. The molecule has 0 spiro atoms. The van der Waals surface area contributed by atoms with E-state index >= 15 is 0 Å². The van der Waals surface area contributed by atoms with Gasteiger partial charge in [-0.3, -0.25) is 0 Å². The molecule has 0 radical (unpaired) electrons. The molecule has 0 aromatic rings. The Bertz CT molecular complexity index is 576. The number of ether oxygens (including phenoxy) is 2. The molecule has 0 bridgehead atoms. The van der Waals surface area contributed by atoms with Crippen LogP contribution in [0.3, 0.4) is 0 Å². The lowest BCUT2D eigenvalue weighted by molar-refractivity contribution is 0.0404. The molecule has 9 heteroatoms. The van der Waals surface area contributed by atoms with Gasteiger partial charge in [-0.15, -0.1) is 0 Å². The van der Waals surface area contributed by atoms with Gasteiger partial charge in [0.15, 0.2) is 0 Å². The Kier molecular flexibility index (Phi) is 11.7. The van der Waals surface area contributed by atoms with Crippen LogP contribution in [0.5, 0.6) is 0 Å². The van der Waals surface area contributed by atoms with Crippen molar-refractivity contribution < 1.29 is 23.5 Å². The number of hydrogen-bond acceptors (Lipinski definition) is 6. The fourth-order valence-corrected chi connectivity index (χ4v) is 9.79. The predicted molar refractivity (Wildman–Crippen MR) is 132 cm³/mol. The van der Waals surface area contributed by atoms with Gasteiger partial charge >= 0.3 is 12.2 Å². The first-order valence-electron chi connectivity index (χ1n) is 11.7. The van der Waals surface area contributed by atoms with Crippen LogP contribution in [0.2, 0.25) is 16.6 Å². The summed E-state index contributed by atoms with van der Waals surface area (Å²) in [7, 11) is -2.33.